The highest BCUT2D eigenvalue weighted by Gasteiger charge is 2.27. The lowest BCUT2D eigenvalue weighted by Crippen LogP contribution is -2.17. The van der Waals surface area contributed by atoms with Crippen LogP contribution in [0.3, 0.4) is 0 Å². The van der Waals surface area contributed by atoms with Gasteiger partial charge in [0.1, 0.15) is 0 Å². The molecule has 2 rings (SSSR count). The minimum atomic E-state index is -3.00. The van der Waals surface area contributed by atoms with Crippen LogP contribution < -0.4 is 0 Å². The Labute approximate surface area is 86.0 Å². The zero-order valence-electron chi connectivity index (χ0n) is 6.90. The molecule has 1 aromatic rings. The van der Waals surface area contributed by atoms with Gasteiger partial charge in [-0.1, -0.05) is 34.1 Å². The topological polar surface area (TPSA) is 34.1 Å². The molecule has 1 aliphatic heterocycles. The van der Waals surface area contributed by atoms with E-state index in [1.54, 1.807) is 12.1 Å². The van der Waals surface area contributed by atoms with E-state index in [0.29, 0.717) is 11.3 Å². The first-order valence-corrected chi connectivity index (χ1v) is 6.64. The Kier molecular flexibility index (Phi) is 2.20. The Hall–Kier alpha value is -0.350. The minimum Gasteiger partial charge on any atom is -0.224 e. The molecule has 0 aliphatic carbocycles. The molecule has 0 saturated heterocycles. The number of hydrogen-bond donors (Lipinski definition) is 0. The fourth-order valence-corrected chi connectivity index (χ4v) is 4.25. The fraction of sp³-hybridized carbons (Fsp3) is 0.333. The molecule has 0 radical (unpaired) electrons. The first kappa shape index (κ1) is 9.21. The molecular formula is C9H9BrO2S. The lowest BCUT2D eigenvalue weighted by molar-refractivity contribution is 0.586. The van der Waals surface area contributed by atoms with Crippen LogP contribution in [-0.2, 0) is 9.84 Å². The summed E-state index contributed by atoms with van der Waals surface area (Å²) in [5.74, 6) is 0.250. The lowest BCUT2D eigenvalue weighted by Gasteiger charge is -2.20. The van der Waals surface area contributed by atoms with E-state index in [1.807, 2.05) is 12.1 Å². The van der Waals surface area contributed by atoms with Crippen LogP contribution in [0.25, 0.3) is 0 Å². The largest absolute Gasteiger partial charge is 0.224 e. The van der Waals surface area contributed by atoms with Gasteiger partial charge in [0.2, 0.25) is 0 Å². The molecule has 0 aromatic heterocycles. The molecule has 0 amide bonds. The van der Waals surface area contributed by atoms with Crippen LogP contribution in [0.5, 0.6) is 0 Å². The maximum absolute atomic E-state index is 11.6. The quantitative estimate of drug-likeness (QED) is 0.671. The summed E-state index contributed by atoms with van der Waals surface area (Å²) in [5.41, 5.74) is 0.897. The van der Waals surface area contributed by atoms with Crippen molar-refractivity contribution in [3.63, 3.8) is 0 Å². The van der Waals surface area contributed by atoms with E-state index in [-0.39, 0.29) is 10.6 Å². The SMILES string of the molecule is O=S1(=O)CC[C@@H](Br)c2ccccc21. The smallest absolute Gasteiger partial charge is 0.178 e. The van der Waals surface area contributed by atoms with Gasteiger partial charge in [-0.25, -0.2) is 8.42 Å². The van der Waals surface area contributed by atoms with Crippen molar-refractivity contribution in [1.29, 1.82) is 0 Å². The van der Waals surface area contributed by atoms with Crippen molar-refractivity contribution < 1.29 is 8.42 Å². The number of halogens is 1. The molecule has 0 unspecified atom stereocenters. The third-order valence-corrected chi connectivity index (χ3v) is 5.00. The van der Waals surface area contributed by atoms with E-state index in [4.69, 9.17) is 0 Å². The Morgan fingerprint density at radius 2 is 2.00 bits per heavy atom. The molecule has 1 aliphatic rings. The summed E-state index contributed by atoms with van der Waals surface area (Å²) >= 11 is 3.47. The van der Waals surface area contributed by atoms with Gasteiger partial charge < -0.3 is 0 Å². The van der Waals surface area contributed by atoms with E-state index in [9.17, 15) is 8.42 Å². The maximum Gasteiger partial charge on any atom is 0.178 e. The predicted octanol–water partition coefficient (Wildman–Crippen LogP) is 2.30. The lowest BCUT2D eigenvalue weighted by atomic mass is 10.1. The summed E-state index contributed by atoms with van der Waals surface area (Å²) in [7, 11) is -3.00. The van der Waals surface area contributed by atoms with Crippen molar-refractivity contribution in [2.24, 2.45) is 0 Å². The van der Waals surface area contributed by atoms with Crippen LogP contribution in [-0.4, -0.2) is 14.2 Å². The molecule has 2 nitrogen and oxygen atoms in total. The molecule has 1 aromatic carbocycles. The second-order valence-electron chi connectivity index (χ2n) is 3.11. The molecule has 0 saturated carbocycles. The van der Waals surface area contributed by atoms with Crippen LogP contribution in [0, 0.1) is 0 Å². The average Bonchev–Trinajstić information content (AvgIpc) is 2.13. The summed E-state index contributed by atoms with van der Waals surface area (Å²) in [5, 5.41) is 0. The number of benzene rings is 1. The van der Waals surface area contributed by atoms with E-state index in [1.165, 1.54) is 0 Å². The highest BCUT2D eigenvalue weighted by molar-refractivity contribution is 9.09. The number of alkyl halides is 1. The van der Waals surface area contributed by atoms with Crippen molar-refractivity contribution in [2.75, 3.05) is 5.75 Å². The van der Waals surface area contributed by atoms with E-state index < -0.39 is 9.84 Å². The van der Waals surface area contributed by atoms with Gasteiger partial charge in [-0.05, 0) is 18.1 Å². The predicted molar refractivity (Wildman–Crippen MR) is 54.8 cm³/mol. The zero-order valence-corrected chi connectivity index (χ0v) is 9.31. The molecule has 70 valence electrons. The first-order valence-electron chi connectivity index (χ1n) is 4.07. The summed E-state index contributed by atoms with van der Waals surface area (Å²) in [6.07, 6.45) is 0.666. The van der Waals surface area contributed by atoms with Gasteiger partial charge in [0.15, 0.2) is 9.84 Å². The Morgan fingerprint density at radius 1 is 1.31 bits per heavy atom. The molecule has 0 bridgehead atoms. The third-order valence-electron chi connectivity index (χ3n) is 2.23. The zero-order chi connectivity index (χ0) is 9.47. The number of sulfone groups is 1. The Bertz CT molecular complexity index is 425. The molecular weight excluding hydrogens is 252 g/mol. The molecule has 1 atom stereocenters. The summed E-state index contributed by atoms with van der Waals surface area (Å²) in [6.45, 7) is 0. The standard InChI is InChI=1S/C9H9BrO2S/c10-8-5-6-13(11,12)9-4-2-1-3-7(8)9/h1-4,8H,5-6H2/t8-/m1/s1. The van der Waals surface area contributed by atoms with Crippen molar-refractivity contribution >= 4 is 25.8 Å². The van der Waals surface area contributed by atoms with Gasteiger partial charge in [-0.15, -0.1) is 0 Å². The van der Waals surface area contributed by atoms with E-state index in [2.05, 4.69) is 15.9 Å². The highest BCUT2D eigenvalue weighted by Crippen LogP contribution is 2.37. The van der Waals surface area contributed by atoms with Gasteiger partial charge in [0, 0.05) is 4.83 Å². The molecule has 0 spiro atoms. The van der Waals surface area contributed by atoms with Crippen LogP contribution in [0.2, 0.25) is 0 Å². The fourth-order valence-electron chi connectivity index (χ4n) is 1.55. The van der Waals surface area contributed by atoms with Gasteiger partial charge >= 0.3 is 0 Å². The molecule has 1 heterocycles. The van der Waals surface area contributed by atoms with Gasteiger partial charge in [0.25, 0.3) is 0 Å². The minimum absolute atomic E-state index is 0.187. The van der Waals surface area contributed by atoms with Crippen molar-refractivity contribution in [3.05, 3.63) is 29.8 Å². The van der Waals surface area contributed by atoms with E-state index >= 15 is 0 Å². The highest BCUT2D eigenvalue weighted by atomic mass is 79.9. The first-order chi connectivity index (χ1) is 6.11. The maximum atomic E-state index is 11.6. The molecule has 13 heavy (non-hydrogen) atoms. The number of rotatable bonds is 0. The second kappa shape index (κ2) is 3.10. The van der Waals surface area contributed by atoms with Crippen LogP contribution in [0.1, 0.15) is 16.8 Å². The Balaban J connectivity index is 2.68. The average molecular weight is 261 g/mol. The van der Waals surface area contributed by atoms with Gasteiger partial charge in [-0.2, -0.15) is 0 Å². The van der Waals surface area contributed by atoms with Gasteiger partial charge in [0.05, 0.1) is 10.6 Å². The summed E-state index contributed by atoms with van der Waals surface area (Å²) in [4.78, 5) is 0.676. The van der Waals surface area contributed by atoms with Crippen LogP contribution >= 0.6 is 15.9 Å². The third kappa shape index (κ3) is 1.53. The van der Waals surface area contributed by atoms with Crippen molar-refractivity contribution in [1.82, 2.24) is 0 Å². The molecule has 4 heteroatoms. The normalized spacial score (nSPS) is 25.2. The van der Waals surface area contributed by atoms with E-state index in [0.717, 1.165) is 5.56 Å². The van der Waals surface area contributed by atoms with Gasteiger partial charge in [-0.3, -0.25) is 0 Å². The Morgan fingerprint density at radius 3 is 2.69 bits per heavy atom. The number of fused-ring (bicyclic) bond motifs is 1. The number of hydrogen-bond acceptors (Lipinski definition) is 2. The van der Waals surface area contributed by atoms with Crippen LogP contribution in [0.4, 0.5) is 0 Å². The molecule has 0 fully saturated rings. The monoisotopic (exact) mass is 260 g/mol. The molecule has 0 N–H and O–H groups in total. The second-order valence-corrected chi connectivity index (χ2v) is 6.30. The van der Waals surface area contributed by atoms with Crippen molar-refractivity contribution in [2.45, 2.75) is 16.1 Å². The van der Waals surface area contributed by atoms with Crippen molar-refractivity contribution in [3.8, 4) is 0 Å². The summed E-state index contributed by atoms with van der Waals surface area (Å²) < 4.78 is 23.2. The summed E-state index contributed by atoms with van der Waals surface area (Å²) in [6, 6.07) is 7.18. The van der Waals surface area contributed by atoms with Crippen LogP contribution in [0.15, 0.2) is 29.2 Å².